The summed E-state index contributed by atoms with van der Waals surface area (Å²) in [5.41, 5.74) is 0.192. The molecule has 0 saturated carbocycles. The van der Waals surface area contributed by atoms with Gasteiger partial charge in [-0.2, -0.15) is 0 Å². The van der Waals surface area contributed by atoms with Crippen LogP contribution in [0.25, 0.3) is 6.15 Å². The van der Waals surface area contributed by atoms with E-state index < -0.39 is 5.90 Å². The number of pyridine rings is 1. The van der Waals surface area contributed by atoms with Gasteiger partial charge in [0.2, 0.25) is 0 Å². The van der Waals surface area contributed by atoms with Gasteiger partial charge in [-0.3, -0.25) is 4.98 Å². The number of nitrogens with zero attached hydrogens (tertiary/aromatic N) is 1. The van der Waals surface area contributed by atoms with Crippen LogP contribution in [0.3, 0.4) is 0 Å². The third-order valence-corrected chi connectivity index (χ3v) is 0.898. The van der Waals surface area contributed by atoms with E-state index in [1.54, 1.807) is 12.1 Å². The fraction of sp³-hybridized carbons (Fsp3) is 0. The molecule has 0 aliphatic rings. The minimum absolute atomic E-state index is 0. The number of rotatable bonds is 1. The quantitative estimate of drug-likeness (QED) is 0.522. The van der Waals surface area contributed by atoms with E-state index in [0.29, 0.717) is 0 Å². The predicted molar refractivity (Wildman–Crippen MR) is 36.4 cm³/mol. The minimum Gasteiger partial charge on any atom is -0.858 e. The van der Waals surface area contributed by atoms with Gasteiger partial charge in [0.1, 0.15) is 0 Å². The Bertz CT molecular complexity index is 214. The normalized spacial score (nSPS) is 7.27. The molecule has 0 atom stereocenters. The molecule has 3 N–H and O–H groups in total. The zero-order valence-electron chi connectivity index (χ0n) is 5.58. The second-order valence-corrected chi connectivity index (χ2v) is 1.54. The molecule has 0 saturated heterocycles. The van der Waals surface area contributed by atoms with E-state index in [-0.39, 0.29) is 28.6 Å². The first kappa shape index (κ1) is 12.7. The molecule has 1 aromatic heterocycles. The molecule has 4 nitrogen and oxygen atoms in total. The molecule has 1 radical (unpaired) electrons. The molecule has 1 rings (SSSR count). The zero-order valence-corrected chi connectivity index (χ0v) is 6.62. The van der Waals surface area contributed by atoms with Gasteiger partial charge in [-0.25, -0.2) is 0 Å². The molecular weight excluding hydrogens is 189 g/mol. The topological polar surface area (TPSA) is 93.3 Å². The summed E-state index contributed by atoms with van der Waals surface area (Å²) in [7, 11) is 0. The Morgan fingerprint density at radius 3 is 2.36 bits per heavy atom. The first-order valence-electron chi connectivity index (χ1n) is 2.47. The Morgan fingerprint density at radius 1 is 1.45 bits per heavy atom. The third kappa shape index (κ3) is 3.71. The standard InChI is InChI=1S/C6H6N2O.Co.H2N/c7-6(9)5-3-1-2-4-8-5;;/h1-4H,(H2,7,9);;1H2/q;+2;-1/p-1. The summed E-state index contributed by atoms with van der Waals surface area (Å²) in [6.45, 7) is 0. The second kappa shape index (κ2) is 5.84. The van der Waals surface area contributed by atoms with Gasteiger partial charge in [-0.15, -0.1) is 0 Å². The molecule has 1 heterocycles. The Morgan fingerprint density at radius 2 is 2.09 bits per heavy atom. The van der Waals surface area contributed by atoms with E-state index in [0.717, 1.165) is 0 Å². The van der Waals surface area contributed by atoms with Crippen LogP contribution in [-0.4, -0.2) is 10.9 Å². The Kier molecular flexibility index (Phi) is 6.76. The molecule has 0 bridgehead atoms. The maximum atomic E-state index is 10.2. The summed E-state index contributed by atoms with van der Waals surface area (Å²) in [6, 6.07) is 4.89. The van der Waals surface area contributed by atoms with Crippen LogP contribution in [0.5, 0.6) is 0 Å². The Labute approximate surface area is 75.0 Å². The molecule has 0 amide bonds. The van der Waals surface area contributed by atoms with Crippen molar-refractivity contribution in [3.05, 3.63) is 36.2 Å². The maximum absolute atomic E-state index is 10.2. The number of nitrogens with one attached hydrogen (secondary N) is 1. The minimum atomic E-state index is -0.740. The molecule has 11 heavy (non-hydrogen) atoms. The van der Waals surface area contributed by atoms with Gasteiger partial charge in [-0.1, -0.05) is 6.07 Å². The average Bonchev–Trinajstić information content (AvgIpc) is 1.90. The van der Waals surface area contributed by atoms with Crippen molar-refractivity contribution in [2.75, 3.05) is 0 Å². The van der Waals surface area contributed by atoms with Crippen LogP contribution in [0.15, 0.2) is 24.4 Å². The zero-order chi connectivity index (χ0) is 6.69. The number of hydrogen-bond acceptors (Lipinski definition) is 3. The van der Waals surface area contributed by atoms with Gasteiger partial charge in [0.25, 0.3) is 0 Å². The summed E-state index contributed by atoms with van der Waals surface area (Å²) in [4.78, 5) is 3.64. The van der Waals surface area contributed by atoms with Crippen molar-refractivity contribution in [3.63, 3.8) is 0 Å². The van der Waals surface area contributed by atoms with Crippen molar-refractivity contribution in [1.29, 1.82) is 5.41 Å². The average molecular weight is 196 g/mol. The summed E-state index contributed by atoms with van der Waals surface area (Å²) >= 11 is 0. The molecule has 0 aliphatic heterocycles. The second-order valence-electron chi connectivity index (χ2n) is 1.54. The molecular formula is C6H7CoN3O. The van der Waals surface area contributed by atoms with Crippen LogP contribution >= 0.6 is 0 Å². The van der Waals surface area contributed by atoms with Crippen LogP contribution in [0.2, 0.25) is 0 Å². The molecule has 61 valence electrons. The SMILES string of the molecule is N=C([O-])c1ccccn1.[Co+2].[NH2-]. The smallest absolute Gasteiger partial charge is 0.858 e. The van der Waals surface area contributed by atoms with E-state index in [2.05, 4.69) is 4.98 Å². The molecule has 0 aromatic carbocycles. The molecule has 1 aromatic rings. The molecule has 0 fully saturated rings. The van der Waals surface area contributed by atoms with E-state index in [1.165, 1.54) is 12.3 Å². The van der Waals surface area contributed by atoms with Crippen LogP contribution in [0.1, 0.15) is 5.69 Å². The molecule has 0 aliphatic carbocycles. The van der Waals surface area contributed by atoms with Crippen LogP contribution < -0.4 is 5.11 Å². The van der Waals surface area contributed by atoms with E-state index in [9.17, 15) is 5.11 Å². The fourth-order valence-electron chi connectivity index (χ4n) is 0.497. The van der Waals surface area contributed by atoms with Crippen molar-refractivity contribution in [1.82, 2.24) is 4.98 Å². The number of aromatic nitrogens is 1. The van der Waals surface area contributed by atoms with Gasteiger partial charge in [0.15, 0.2) is 0 Å². The number of hydrogen-bond donors (Lipinski definition) is 1. The maximum Gasteiger partial charge on any atom is 2.00 e. The predicted octanol–water partition coefficient (Wildman–Crippen LogP) is 0.482. The molecule has 0 spiro atoms. The van der Waals surface area contributed by atoms with Gasteiger partial charge in [0, 0.05) is 12.1 Å². The Balaban J connectivity index is 0. The van der Waals surface area contributed by atoms with Crippen molar-refractivity contribution in [2.24, 2.45) is 0 Å². The van der Waals surface area contributed by atoms with Crippen molar-refractivity contribution in [3.8, 4) is 0 Å². The number of nitrogens with two attached hydrogens (primary N) is 1. The van der Waals surface area contributed by atoms with E-state index in [1.807, 2.05) is 0 Å². The summed E-state index contributed by atoms with van der Waals surface area (Å²) in [6.07, 6.45) is 1.49. The summed E-state index contributed by atoms with van der Waals surface area (Å²) in [5.74, 6) is -0.740. The first-order valence-corrected chi connectivity index (χ1v) is 2.47. The molecule has 0 unspecified atom stereocenters. The van der Waals surface area contributed by atoms with Crippen LogP contribution in [0, 0.1) is 5.41 Å². The van der Waals surface area contributed by atoms with E-state index >= 15 is 0 Å². The largest absolute Gasteiger partial charge is 2.00 e. The van der Waals surface area contributed by atoms with E-state index in [4.69, 9.17) is 5.41 Å². The van der Waals surface area contributed by atoms with Crippen molar-refractivity contribution >= 4 is 5.90 Å². The third-order valence-electron chi connectivity index (χ3n) is 0.898. The van der Waals surface area contributed by atoms with Crippen LogP contribution in [0.4, 0.5) is 0 Å². The fourth-order valence-corrected chi connectivity index (χ4v) is 0.497. The summed E-state index contributed by atoms with van der Waals surface area (Å²) in [5, 5.41) is 16.9. The van der Waals surface area contributed by atoms with Gasteiger partial charge < -0.3 is 16.7 Å². The first-order chi connectivity index (χ1) is 4.30. The van der Waals surface area contributed by atoms with Crippen LogP contribution in [-0.2, 0) is 16.8 Å². The van der Waals surface area contributed by atoms with Crippen molar-refractivity contribution < 1.29 is 21.9 Å². The summed E-state index contributed by atoms with van der Waals surface area (Å²) < 4.78 is 0. The monoisotopic (exact) mass is 196 g/mol. The van der Waals surface area contributed by atoms with Gasteiger partial charge in [0.05, 0.1) is 5.69 Å². The molecule has 5 heteroatoms. The van der Waals surface area contributed by atoms with Crippen molar-refractivity contribution in [2.45, 2.75) is 0 Å². The van der Waals surface area contributed by atoms with Gasteiger partial charge in [-0.05, 0) is 12.1 Å². The van der Waals surface area contributed by atoms with Gasteiger partial charge >= 0.3 is 16.8 Å². The Hall–Kier alpha value is -0.914.